The number of nitro benzene ring substituents is 1. The Morgan fingerprint density at radius 1 is 1.08 bits per heavy atom. The molecule has 7 heteroatoms. The molecule has 6 nitrogen and oxygen atoms in total. The van der Waals surface area contributed by atoms with Gasteiger partial charge in [-0.15, -0.1) is 0 Å². The minimum Gasteiger partial charge on any atom is -0.310 e. The lowest BCUT2D eigenvalue weighted by atomic mass is 10.1. The fourth-order valence-corrected chi connectivity index (χ4v) is 3.67. The molecule has 134 valence electrons. The van der Waals surface area contributed by atoms with E-state index in [9.17, 15) is 10.1 Å². The summed E-state index contributed by atoms with van der Waals surface area (Å²) in [6, 6.07) is 12.3. The van der Waals surface area contributed by atoms with E-state index in [1.807, 2.05) is 18.2 Å². The molecular formula is C19H19ClN4O2. The number of benzene rings is 2. The van der Waals surface area contributed by atoms with E-state index in [-0.39, 0.29) is 10.6 Å². The summed E-state index contributed by atoms with van der Waals surface area (Å²) in [6.45, 7) is 2.91. The third-order valence-electron chi connectivity index (χ3n) is 4.84. The molecule has 0 aliphatic carbocycles. The zero-order chi connectivity index (χ0) is 18.1. The molecule has 0 radical (unpaired) electrons. The molecule has 26 heavy (non-hydrogen) atoms. The van der Waals surface area contributed by atoms with Gasteiger partial charge in [-0.25, -0.2) is 4.98 Å². The number of halogens is 1. The van der Waals surface area contributed by atoms with Gasteiger partial charge in [-0.3, -0.25) is 15.0 Å². The largest absolute Gasteiger partial charge is 0.310 e. The van der Waals surface area contributed by atoms with Crippen molar-refractivity contribution in [3.05, 3.63) is 57.6 Å². The molecular weight excluding hydrogens is 352 g/mol. The summed E-state index contributed by atoms with van der Waals surface area (Å²) in [5.74, 6) is 0.808. The van der Waals surface area contributed by atoms with Gasteiger partial charge in [0.2, 0.25) is 0 Å². The third-order valence-corrected chi connectivity index (χ3v) is 5.07. The first-order valence-electron chi connectivity index (χ1n) is 8.75. The molecule has 1 aliphatic heterocycles. The molecule has 1 saturated heterocycles. The second-order valence-corrected chi connectivity index (χ2v) is 7.06. The number of nitrogens with zero attached hydrogens (tertiary/aromatic N) is 4. The Hall–Kier alpha value is -2.44. The van der Waals surface area contributed by atoms with Crippen LogP contribution in [0.4, 0.5) is 5.69 Å². The first-order chi connectivity index (χ1) is 12.6. The number of rotatable bonds is 4. The maximum atomic E-state index is 10.9. The van der Waals surface area contributed by atoms with Gasteiger partial charge < -0.3 is 4.57 Å². The Kier molecular flexibility index (Phi) is 4.61. The summed E-state index contributed by atoms with van der Waals surface area (Å²) in [4.78, 5) is 17.7. The van der Waals surface area contributed by atoms with Crippen molar-refractivity contribution in [1.29, 1.82) is 0 Å². The standard InChI is InChI=1S/C19H19ClN4O2/c20-15-6-9-18-17(12-15)21-19(14-4-7-16(8-5-14)24(25)26)23(18)13-22-10-2-1-3-11-22/h4-9,12H,1-3,10-11,13H2. The highest BCUT2D eigenvalue weighted by Gasteiger charge is 2.18. The van der Waals surface area contributed by atoms with Gasteiger partial charge in [-0.05, 0) is 56.3 Å². The Morgan fingerprint density at radius 3 is 2.50 bits per heavy atom. The summed E-state index contributed by atoms with van der Waals surface area (Å²) in [5, 5.41) is 11.6. The summed E-state index contributed by atoms with van der Waals surface area (Å²) in [6.07, 6.45) is 3.71. The number of non-ortho nitro benzene ring substituents is 1. The SMILES string of the molecule is O=[N+]([O-])c1ccc(-c2nc3cc(Cl)ccc3n2CN2CCCCC2)cc1. The second-order valence-electron chi connectivity index (χ2n) is 6.62. The van der Waals surface area contributed by atoms with Crippen LogP contribution in [0, 0.1) is 10.1 Å². The van der Waals surface area contributed by atoms with Crippen LogP contribution in [0.2, 0.25) is 5.02 Å². The molecule has 1 aromatic heterocycles. The fourth-order valence-electron chi connectivity index (χ4n) is 3.50. The molecule has 0 atom stereocenters. The van der Waals surface area contributed by atoms with Crippen molar-refractivity contribution < 1.29 is 4.92 Å². The van der Waals surface area contributed by atoms with Crippen LogP contribution >= 0.6 is 11.6 Å². The molecule has 0 unspecified atom stereocenters. The van der Waals surface area contributed by atoms with Crippen LogP contribution in [0.3, 0.4) is 0 Å². The first kappa shape index (κ1) is 17.0. The Balaban J connectivity index is 1.78. The van der Waals surface area contributed by atoms with Crippen LogP contribution in [-0.2, 0) is 6.67 Å². The monoisotopic (exact) mass is 370 g/mol. The first-order valence-corrected chi connectivity index (χ1v) is 9.12. The van der Waals surface area contributed by atoms with Crippen LogP contribution in [0.1, 0.15) is 19.3 Å². The van der Waals surface area contributed by atoms with E-state index in [0.717, 1.165) is 42.2 Å². The minimum atomic E-state index is -0.389. The van der Waals surface area contributed by atoms with E-state index >= 15 is 0 Å². The van der Waals surface area contributed by atoms with Crippen molar-refractivity contribution in [2.45, 2.75) is 25.9 Å². The molecule has 3 aromatic rings. The number of hydrogen-bond acceptors (Lipinski definition) is 4. The van der Waals surface area contributed by atoms with Gasteiger partial charge in [-0.2, -0.15) is 0 Å². The number of likely N-dealkylation sites (tertiary alicyclic amines) is 1. The zero-order valence-electron chi connectivity index (χ0n) is 14.3. The number of imidazole rings is 1. The summed E-state index contributed by atoms with van der Waals surface area (Å²) in [5.41, 5.74) is 2.80. The van der Waals surface area contributed by atoms with E-state index in [0.29, 0.717) is 5.02 Å². The second kappa shape index (κ2) is 7.05. The smallest absolute Gasteiger partial charge is 0.269 e. The number of piperidine rings is 1. The van der Waals surface area contributed by atoms with Crippen LogP contribution in [0.25, 0.3) is 22.4 Å². The van der Waals surface area contributed by atoms with E-state index in [2.05, 4.69) is 9.47 Å². The van der Waals surface area contributed by atoms with Crippen LogP contribution < -0.4 is 0 Å². The highest BCUT2D eigenvalue weighted by Crippen LogP contribution is 2.29. The Morgan fingerprint density at radius 2 is 1.81 bits per heavy atom. The molecule has 0 amide bonds. The number of hydrogen-bond donors (Lipinski definition) is 0. The normalized spacial score (nSPS) is 15.4. The van der Waals surface area contributed by atoms with Crippen LogP contribution in [-0.4, -0.2) is 32.5 Å². The topological polar surface area (TPSA) is 64.2 Å². The van der Waals surface area contributed by atoms with E-state index < -0.39 is 0 Å². The van der Waals surface area contributed by atoms with Gasteiger partial charge in [0.05, 0.1) is 22.6 Å². The van der Waals surface area contributed by atoms with Gasteiger partial charge >= 0.3 is 0 Å². The molecule has 2 aromatic carbocycles. The van der Waals surface area contributed by atoms with Crippen molar-refractivity contribution in [3.8, 4) is 11.4 Å². The number of aromatic nitrogens is 2. The lowest BCUT2D eigenvalue weighted by Gasteiger charge is -2.27. The van der Waals surface area contributed by atoms with Gasteiger partial charge in [0.15, 0.2) is 0 Å². The van der Waals surface area contributed by atoms with Crippen LogP contribution in [0.5, 0.6) is 0 Å². The molecule has 0 N–H and O–H groups in total. The Bertz CT molecular complexity index is 946. The lowest BCUT2D eigenvalue weighted by molar-refractivity contribution is -0.384. The number of nitro groups is 1. The summed E-state index contributed by atoms with van der Waals surface area (Å²) >= 11 is 6.14. The molecule has 2 heterocycles. The molecule has 1 fully saturated rings. The van der Waals surface area contributed by atoms with Crippen molar-refractivity contribution in [2.75, 3.05) is 13.1 Å². The van der Waals surface area contributed by atoms with Crippen molar-refractivity contribution in [3.63, 3.8) is 0 Å². The predicted octanol–water partition coefficient (Wildman–Crippen LogP) is 4.71. The highest BCUT2D eigenvalue weighted by atomic mass is 35.5. The molecule has 4 rings (SSSR count). The van der Waals surface area contributed by atoms with E-state index in [4.69, 9.17) is 16.6 Å². The molecule has 1 aliphatic rings. The molecule has 0 saturated carbocycles. The van der Waals surface area contributed by atoms with Crippen molar-refractivity contribution >= 4 is 28.3 Å². The van der Waals surface area contributed by atoms with Crippen molar-refractivity contribution in [2.24, 2.45) is 0 Å². The maximum absolute atomic E-state index is 10.9. The molecule has 0 spiro atoms. The van der Waals surface area contributed by atoms with E-state index in [1.54, 1.807) is 12.1 Å². The highest BCUT2D eigenvalue weighted by molar-refractivity contribution is 6.31. The van der Waals surface area contributed by atoms with Gasteiger partial charge in [0.1, 0.15) is 5.82 Å². The van der Waals surface area contributed by atoms with Gasteiger partial charge in [0.25, 0.3) is 5.69 Å². The minimum absolute atomic E-state index is 0.0792. The Labute approximate surface area is 156 Å². The fraction of sp³-hybridized carbons (Fsp3) is 0.316. The van der Waals surface area contributed by atoms with Crippen molar-refractivity contribution in [1.82, 2.24) is 14.5 Å². The average Bonchev–Trinajstić information content (AvgIpc) is 3.00. The maximum Gasteiger partial charge on any atom is 0.269 e. The van der Waals surface area contributed by atoms with Gasteiger partial charge in [-0.1, -0.05) is 18.0 Å². The lowest BCUT2D eigenvalue weighted by Crippen LogP contribution is -2.31. The zero-order valence-corrected chi connectivity index (χ0v) is 15.0. The quantitative estimate of drug-likeness (QED) is 0.493. The third kappa shape index (κ3) is 3.30. The summed E-state index contributed by atoms with van der Waals surface area (Å²) in [7, 11) is 0. The van der Waals surface area contributed by atoms with Gasteiger partial charge in [0, 0.05) is 22.7 Å². The molecule has 0 bridgehead atoms. The van der Waals surface area contributed by atoms with Crippen LogP contribution in [0.15, 0.2) is 42.5 Å². The van der Waals surface area contributed by atoms with E-state index in [1.165, 1.54) is 31.4 Å². The number of fused-ring (bicyclic) bond motifs is 1. The average molecular weight is 371 g/mol. The summed E-state index contributed by atoms with van der Waals surface area (Å²) < 4.78 is 2.18. The predicted molar refractivity (Wildman–Crippen MR) is 102 cm³/mol.